The molecule has 1 N–H and O–H groups in total. The molecule has 2 nitrogen and oxygen atoms in total. The van der Waals surface area contributed by atoms with Crippen molar-refractivity contribution in [2.45, 2.75) is 31.6 Å². The van der Waals surface area contributed by atoms with Crippen LogP contribution in [0.25, 0.3) is 0 Å². The summed E-state index contributed by atoms with van der Waals surface area (Å²) in [4.78, 5) is 0. The van der Waals surface area contributed by atoms with Gasteiger partial charge in [-0.25, -0.2) is 0 Å². The maximum absolute atomic E-state index is 5.34. The summed E-state index contributed by atoms with van der Waals surface area (Å²) in [5.41, 5.74) is 3.10. The molecule has 100 valence electrons. The number of hydrogen-bond donors (Lipinski definition) is 1. The van der Waals surface area contributed by atoms with Crippen molar-refractivity contribution < 1.29 is 4.42 Å². The Morgan fingerprint density at radius 3 is 3.00 bits per heavy atom. The molecule has 0 radical (unpaired) electrons. The van der Waals surface area contributed by atoms with Gasteiger partial charge in [-0.1, -0.05) is 24.3 Å². The Labute approximate surface area is 114 Å². The van der Waals surface area contributed by atoms with Gasteiger partial charge >= 0.3 is 0 Å². The number of nitrogens with one attached hydrogen (secondary N) is 1. The molecule has 2 heteroatoms. The van der Waals surface area contributed by atoms with Crippen LogP contribution in [0.2, 0.25) is 0 Å². The van der Waals surface area contributed by atoms with Crippen LogP contribution in [0.3, 0.4) is 0 Å². The third-order valence-electron chi connectivity index (χ3n) is 4.01. The Morgan fingerprint density at radius 2 is 2.11 bits per heavy atom. The first kappa shape index (κ1) is 12.5. The van der Waals surface area contributed by atoms with Crippen LogP contribution >= 0.6 is 0 Å². The molecule has 1 aromatic carbocycles. The minimum absolute atomic E-state index is 0.682. The van der Waals surface area contributed by atoms with E-state index in [1.54, 1.807) is 17.4 Å². The summed E-state index contributed by atoms with van der Waals surface area (Å²) in [5, 5.41) is 3.57. The Hall–Kier alpha value is -1.54. The van der Waals surface area contributed by atoms with Gasteiger partial charge in [-0.15, -0.1) is 0 Å². The van der Waals surface area contributed by atoms with Crippen LogP contribution in [0.5, 0.6) is 0 Å². The van der Waals surface area contributed by atoms with Gasteiger partial charge in [0.2, 0.25) is 0 Å². The predicted octanol–water partition coefficient (Wildman–Crippen LogP) is 3.53. The average Bonchev–Trinajstić information content (AvgIpc) is 2.97. The summed E-state index contributed by atoms with van der Waals surface area (Å²) in [5.74, 6) is 1.75. The molecular weight excluding hydrogens is 234 g/mol. The number of hydrogen-bond acceptors (Lipinski definition) is 2. The lowest BCUT2D eigenvalue weighted by atomic mass is 9.83. The molecule has 1 aliphatic rings. The van der Waals surface area contributed by atoms with Crippen LogP contribution in [0.4, 0.5) is 0 Å². The van der Waals surface area contributed by atoms with E-state index in [1.165, 1.54) is 19.3 Å². The minimum Gasteiger partial charge on any atom is -0.469 e. The van der Waals surface area contributed by atoms with Crippen LogP contribution in [-0.2, 0) is 12.8 Å². The van der Waals surface area contributed by atoms with Crippen molar-refractivity contribution in [3.05, 3.63) is 59.5 Å². The smallest absolute Gasteiger partial charge is 0.105 e. The van der Waals surface area contributed by atoms with Gasteiger partial charge in [0.1, 0.15) is 5.76 Å². The normalized spacial score (nSPS) is 18.2. The molecule has 0 saturated carbocycles. The average molecular weight is 255 g/mol. The SMILES string of the molecule is c1coc(CCNCC2CCCc3ccccc32)c1. The van der Waals surface area contributed by atoms with Gasteiger partial charge in [0, 0.05) is 19.5 Å². The molecular formula is C17H21NO. The summed E-state index contributed by atoms with van der Waals surface area (Å²) in [6.07, 6.45) is 6.60. The maximum atomic E-state index is 5.34. The van der Waals surface area contributed by atoms with E-state index in [1.807, 2.05) is 12.1 Å². The number of furan rings is 1. The highest BCUT2D eigenvalue weighted by atomic mass is 16.3. The van der Waals surface area contributed by atoms with Crippen LogP contribution in [-0.4, -0.2) is 13.1 Å². The Morgan fingerprint density at radius 1 is 1.16 bits per heavy atom. The molecule has 19 heavy (non-hydrogen) atoms. The third-order valence-corrected chi connectivity index (χ3v) is 4.01. The number of aryl methyl sites for hydroxylation is 1. The van der Waals surface area contributed by atoms with Crippen molar-refractivity contribution in [1.29, 1.82) is 0 Å². The number of rotatable bonds is 5. The summed E-state index contributed by atoms with van der Waals surface area (Å²) >= 11 is 0. The van der Waals surface area contributed by atoms with E-state index in [2.05, 4.69) is 29.6 Å². The summed E-state index contributed by atoms with van der Waals surface area (Å²) in [6, 6.07) is 12.9. The van der Waals surface area contributed by atoms with Gasteiger partial charge in [0.05, 0.1) is 6.26 Å². The third kappa shape index (κ3) is 3.07. The monoisotopic (exact) mass is 255 g/mol. The minimum atomic E-state index is 0.682. The highest BCUT2D eigenvalue weighted by Crippen LogP contribution is 2.30. The molecule has 1 unspecified atom stereocenters. The number of benzene rings is 1. The van der Waals surface area contributed by atoms with Gasteiger partial charge in [0.15, 0.2) is 0 Å². The fraction of sp³-hybridized carbons (Fsp3) is 0.412. The molecule has 0 fully saturated rings. The first-order chi connectivity index (χ1) is 9.43. The molecule has 2 aromatic rings. The molecule has 0 saturated heterocycles. The van der Waals surface area contributed by atoms with Gasteiger partial charge in [-0.05, 0) is 48.4 Å². The van der Waals surface area contributed by atoms with Crippen LogP contribution < -0.4 is 5.32 Å². The Kier molecular flexibility index (Phi) is 3.99. The fourth-order valence-corrected chi connectivity index (χ4v) is 3.01. The van der Waals surface area contributed by atoms with E-state index in [0.29, 0.717) is 5.92 Å². The fourth-order valence-electron chi connectivity index (χ4n) is 3.01. The molecule has 0 spiro atoms. The summed E-state index contributed by atoms with van der Waals surface area (Å²) in [6.45, 7) is 2.07. The molecule has 1 aromatic heterocycles. The van der Waals surface area contributed by atoms with Crippen molar-refractivity contribution in [2.24, 2.45) is 0 Å². The molecule has 3 rings (SSSR count). The highest BCUT2D eigenvalue weighted by molar-refractivity contribution is 5.32. The zero-order valence-electron chi connectivity index (χ0n) is 11.3. The standard InChI is InChI=1S/C17H21NO/c1-2-9-17-14(5-1)6-3-7-15(17)13-18-11-10-16-8-4-12-19-16/h1-2,4-5,8-9,12,15,18H,3,6-7,10-11,13H2. The van der Waals surface area contributed by atoms with Crippen molar-refractivity contribution in [1.82, 2.24) is 5.32 Å². The van der Waals surface area contributed by atoms with E-state index in [-0.39, 0.29) is 0 Å². The lowest BCUT2D eigenvalue weighted by molar-refractivity contribution is 0.478. The predicted molar refractivity (Wildman–Crippen MR) is 77.4 cm³/mol. The lowest BCUT2D eigenvalue weighted by Crippen LogP contribution is -2.26. The second-order valence-corrected chi connectivity index (χ2v) is 5.32. The highest BCUT2D eigenvalue weighted by Gasteiger charge is 2.18. The van der Waals surface area contributed by atoms with Crippen LogP contribution in [0, 0.1) is 0 Å². The second-order valence-electron chi connectivity index (χ2n) is 5.32. The van der Waals surface area contributed by atoms with E-state index < -0.39 is 0 Å². The van der Waals surface area contributed by atoms with Crippen LogP contribution in [0.1, 0.15) is 35.6 Å². The van der Waals surface area contributed by atoms with Crippen molar-refractivity contribution in [3.8, 4) is 0 Å². The molecule has 1 aliphatic carbocycles. The largest absolute Gasteiger partial charge is 0.469 e. The van der Waals surface area contributed by atoms with Gasteiger partial charge < -0.3 is 9.73 Å². The van der Waals surface area contributed by atoms with Gasteiger partial charge in [0.25, 0.3) is 0 Å². The summed E-state index contributed by atoms with van der Waals surface area (Å²) in [7, 11) is 0. The van der Waals surface area contributed by atoms with Gasteiger partial charge in [-0.2, -0.15) is 0 Å². The van der Waals surface area contributed by atoms with Crippen molar-refractivity contribution in [3.63, 3.8) is 0 Å². The zero-order valence-corrected chi connectivity index (χ0v) is 11.3. The molecule has 0 amide bonds. The van der Waals surface area contributed by atoms with Crippen LogP contribution in [0.15, 0.2) is 47.1 Å². The molecule has 0 bridgehead atoms. The first-order valence-corrected chi connectivity index (χ1v) is 7.24. The van der Waals surface area contributed by atoms with E-state index in [9.17, 15) is 0 Å². The Bertz CT molecular complexity index is 504. The topological polar surface area (TPSA) is 25.2 Å². The van der Waals surface area contributed by atoms with Gasteiger partial charge in [-0.3, -0.25) is 0 Å². The quantitative estimate of drug-likeness (QED) is 0.827. The van der Waals surface area contributed by atoms with Crippen molar-refractivity contribution >= 4 is 0 Å². The van der Waals surface area contributed by atoms with E-state index in [0.717, 1.165) is 25.3 Å². The molecule has 1 heterocycles. The first-order valence-electron chi connectivity index (χ1n) is 7.24. The van der Waals surface area contributed by atoms with E-state index in [4.69, 9.17) is 4.42 Å². The zero-order chi connectivity index (χ0) is 12.9. The maximum Gasteiger partial charge on any atom is 0.105 e. The Balaban J connectivity index is 1.51. The van der Waals surface area contributed by atoms with Crippen molar-refractivity contribution in [2.75, 3.05) is 13.1 Å². The lowest BCUT2D eigenvalue weighted by Gasteiger charge is -2.25. The summed E-state index contributed by atoms with van der Waals surface area (Å²) < 4.78 is 5.34. The molecule has 0 aliphatic heterocycles. The van der Waals surface area contributed by atoms with E-state index >= 15 is 0 Å². The second kappa shape index (κ2) is 6.07. The molecule has 1 atom stereocenters. The number of fused-ring (bicyclic) bond motifs is 1.